The van der Waals surface area contributed by atoms with Crippen LogP contribution in [0, 0.1) is 0 Å². The highest BCUT2D eigenvalue weighted by atomic mass is 19.4. The summed E-state index contributed by atoms with van der Waals surface area (Å²) in [4.78, 5) is 4.68. The molecule has 0 amide bonds. The molecule has 1 N–H and O–H groups in total. The molecule has 1 heterocycles. The number of rotatable bonds is 3. The predicted octanol–water partition coefficient (Wildman–Crippen LogP) is 6.66. The summed E-state index contributed by atoms with van der Waals surface area (Å²) in [6, 6.07) is 24.3. The van der Waals surface area contributed by atoms with Gasteiger partial charge in [-0.1, -0.05) is 54.6 Å². The summed E-state index contributed by atoms with van der Waals surface area (Å²) < 4.78 is 39.0. The van der Waals surface area contributed by atoms with Crippen molar-refractivity contribution in [2.75, 3.05) is 5.32 Å². The summed E-state index contributed by atoms with van der Waals surface area (Å²) in [6.45, 7) is 0. The van der Waals surface area contributed by atoms with Crippen LogP contribution in [0.2, 0.25) is 0 Å². The zero-order valence-electron chi connectivity index (χ0n) is 14.2. The number of nitrogens with one attached hydrogen (secondary N) is 1. The van der Waals surface area contributed by atoms with Crippen LogP contribution in [0.15, 0.2) is 84.9 Å². The lowest BCUT2D eigenvalue weighted by Gasteiger charge is -2.14. The maximum Gasteiger partial charge on any atom is 0.416 e. The molecule has 0 atom stereocenters. The van der Waals surface area contributed by atoms with E-state index in [9.17, 15) is 13.2 Å². The zero-order valence-corrected chi connectivity index (χ0v) is 14.2. The molecule has 0 aliphatic rings. The van der Waals surface area contributed by atoms with Crippen molar-refractivity contribution in [1.82, 2.24) is 4.98 Å². The molecule has 0 unspecified atom stereocenters. The Morgan fingerprint density at radius 2 is 1.48 bits per heavy atom. The van der Waals surface area contributed by atoms with E-state index in [-0.39, 0.29) is 0 Å². The quantitative estimate of drug-likeness (QED) is 0.439. The lowest BCUT2D eigenvalue weighted by molar-refractivity contribution is -0.137. The van der Waals surface area contributed by atoms with Crippen molar-refractivity contribution in [3.8, 4) is 11.3 Å². The monoisotopic (exact) mass is 364 g/mol. The van der Waals surface area contributed by atoms with Gasteiger partial charge in [-0.25, -0.2) is 4.98 Å². The molecule has 1 aromatic heterocycles. The van der Waals surface area contributed by atoms with Gasteiger partial charge in [0.1, 0.15) is 0 Å². The molecule has 2 nitrogen and oxygen atoms in total. The number of hydrogen-bond acceptors (Lipinski definition) is 2. The van der Waals surface area contributed by atoms with Gasteiger partial charge in [0.2, 0.25) is 0 Å². The first-order valence-electron chi connectivity index (χ1n) is 8.40. The Labute approximate surface area is 154 Å². The van der Waals surface area contributed by atoms with Crippen LogP contribution in [-0.2, 0) is 6.18 Å². The van der Waals surface area contributed by atoms with E-state index in [0.29, 0.717) is 11.4 Å². The Balaban J connectivity index is 1.81. The Hall–Kier alpha value is -3.34. The molecule has 27 heavy (non-hydrogen) atoms. The minimum absolute atomic E-state index is 0.375. The lowest BCUT2D eigenvalue weighted by atomic mass is 10.1. The fourth-order valence-electron chi connectivity index (χ4n) is 2.96. The highest BCUT2D eigenvalue weighted by Gasteiger charge is 2.30. The van der Waals surface area contributed by atoms with Gasteiger partial charge >= 0.3 is 6.18 Å². The van der Waals surface area contributed by atoms with Crippen LogP contribution in [0.25, 0.3) is 22.2 Å². The number of para-hydroxylation sites is 1. The highest BCUT2D eigenvalue weighted by molar-refractivity contribution is 5.95. The van der Waals surface area contributed by atoms with Gasteiger partial charge in [0.05, 0.1) is 22.5 Å². The molecule has 4 rings (SSSR count). The van der Waals surface area contributed by atoms with E-state index in [1.807, 2.05) is 60.7 Å². The number of pyridine rings is 1. The summed E-state index contributed by atoms with van der Waals surface area (Å²) in [5.41, 5.74) is 2.86. The Morgan fingerprint density at radius 1 is 0.741 bits per heavy atom. The first kappa shape index (κ1) is 17.1. The molecule has 0 fully saturated rings. The second-order valence-corrected chi connectivity index (χ2v) is 6.14. The average molecular weight is 364 g/mol. The molecule has 0 saturated carbocycles. The van der Waals surface area contributed by atoms with Crippen molar-refractivity contribution in [2.24, 2.45) is 0 Å². The molecule has 0 aliphatic carbocycles. The highest BCUT2D eigenvalue weighted by Crippen LogP contribution is 2.34. The van der Waals surface area contributed by atoms with Gasteiger partial charge in [-0.2, -0.15) is 13.2 Å². The zero-order chi connectivity index (χ0) is 18.9. The first-order chi connectivity index (χ1) is 13.0. The lowest BCUT2D eigenvalue weighted by Crippen LogP contribution is -2.05. The van der Waals surface area contributed by atoms with Crippen molar-refractivity contribution in [1.29, 1.82) is 0 Å². The molecule has 0 aliphatic heterocycles. The third kappa shape index (κ3) is 3.62. The summed E-state index contributed by atoms with van der Waals surface area (Å²) in [6.07, 6.45) is -4.38. The molecular weight excluding hydrogens is 349 g/mol. The smallest absolute Gasteiger partial charge is 0.355 e. The van der Waals surface area contributed by atoms with Crippen LogP contribution in [0.5, 0.6) is 0 Å². The SMILES string of the molecule is FC(F)(F)c1cccc(Nc2cc(-c3ccccc3)nc3ccccc23)c1. The topological polar surface area (TPSA) is 24.9 Å². The van der Waals surface area contributed by atoms with Crippen LogP contribution in [0.3, 0.4) is 0 Å². The average Bonchev–Trinajstić information content (AvgIpc) is 2.68. The van der Waals surface area contributed by atoms with Crippen molar-refractivity contribution in [2.45, 2.75) is 6.18 Å². The second kappa shape index (κ2) is 6.76. The number of alkyl halides is 3. The fourth-order valence-corrected chi connectivity index (χ4v) is 2.96. The summed E-state index contributed by atoms with van der Waals surface area (Å²) in [5, 5.41) is 3.97. The van der Waals surface area contributed by atoms with Crippen molar-refractivity contribution < 1.29 is 13.2 Å². The van der Waals surface area contributed by atoms with Crippen molar-refractivity contribution in [3.05, 3.63) is 90.5 Å². The van der Waals surface area contributed by atoms with Gasteiger partial charge in [0.25, 0.3) is 0 Å². The van der Waals surface area contributed by atoms with Crippen molar-refractivity contribution in [3.63, 3.8) is 0 Å². The molecule has 0 saturated heterocycles. The van der Waals surface area contributed by atoms with E-state index in [2.05, 4.69) is 10.3 Å². The third-order valence-corrected chi connectivity index (χ3v) is 4.25. The minimum Gasteiger partial charge on any atom is -0.355 e. The van der Waals surface area contributed by atoms with Crippen LogP contribution >= 0.6 is 0 Å². The van der Waals surface area contributed by atoms with Gasteiger partial charge in [0, 0.05) is 16.6 Å². The minimum atomic E-state index is -4.38. The molecule has 5 heteroatoms. The molecule has 0 radical (unpaired) electrons. The largest absolute Gasteiger partial charge is 0.416 e. The van der Waals surface area contributed by atoms with Gasteiger partial charge < -0.3 is 5.32 Å². The van der Waals surface area contributed by atoms with E-state index in [4.69, 9.17) is 0 Å². The van der Waals surface area contributed by atoms with E-state index < -0.39 is 11.7 Å². The summed E-state index contributed by atoms with van der Waals surface area (Å²) >= 11 is 0. The second-order valence-electron chi connectivity index (χ2n) is 6.14. The Morgan fingerprint density at radius 3 is 2.26 bits per heavy atom. The number of anilines is 2. The van der Waals surface area contributed by atoms with E-state index >= 15 is 0 Å². The number of aromatic nitrogens is 1. The number of nitrogens with zero attached hydrogens (tertiary/aromatic N) is 1. The maximum absolute atomic E-state index is 13.0. The normalized spacial score (nSPS) is 11.5. The Bertz CT molecular complexity index is 1090. The number of fused-ring (bicyclic) bond motifs is 1. The predicted molar refractivity (Wildman–Crippen MR) is 102 cm³/mol. The van der Waals surface area contributed by atoms with Gasteiger partial charge in [0.15, 0.2) is 0 Å². The number of benzene rings is 3. The first-order valence-corrected chi connectivity index (χ1v) is 8.40. The number of hydrogen-bond donors (Lipinski definition) is 1. The van der Waals surface area contributed by atoms with E-state index in [1.54, 1.807) is 6.07 Å². The van der Waals surface area contributed by atoms with E-state index in [0.717, 1.165) is 34.3 Å². The molecule has 3 aromatic carbocycles. The van der Waals surface area contributed by atoms with Gasteiger partial charge in [-0.3, -0.25) is 0 Å². The standard InChI is InChI=1S/C22H15F3N2/c23-22(24,25)16-9-6-10-17(13-16)26-21-14-20(15-7-2-1-3-8-15)27-19-12-5-4-11-18(19)21/h1-14H,(H,26,27). The molecule has 4 aromatic rings. The molecule has 134 valence electrons. The van der Waals surface area contributed by atoms with E-state index in [1.165, 1.54) is 6.07 Å². The van der Waals surface area contributed by atoms with Crippen LogP contribution < -0.4 is 5.32 Å². The molecular formula is C22H15F3N2. The molecule has 0 bridgehead atoms. The van der Waals surface area contributed by atoms with Crippen LogP contribution in [0.1, 0.15) is 5.56 Å². The van der Waals surface area contributed by atoms with Crippen LogP contribution in [0.4, 0.5) is 24.5 Å². The number of halogens is 3. The van der Waals surface area contributed by atoms with Crippen LogP contribution in [-0.4, -0.2) is 4.98 Å². The van der Waals surface area contributed by atoms with Gasteiger partial charge in [-0.15, -0.1) is 0 Å². The maximum atomic E-state index is 13.0. The fraction of sp³-hybridized carbons (Fsp3) is 0.0455. The molecule has 0 spiro atoms. The van der Waals surface area contributed by atoms with Crippen molar-refractivity contribution >= 4 is 22.3 Å². The van der Waals surface area contributed by atoms with Gasteiger partial charge in [-0.05, 0) is 30.3 Å². The third-order valence-electron chi connectivity index (χ3n) is 4.25. The summed E-state index contributed by atoms with van der Waals surface area (Å²) in [5.74, 6) is 0. The Kier molecular flexibility index (Phi) is 4.28. The summed E-state index contributed by atoms with van der Waals surface area (Å²) in [7, 11) is 0.